The Balaban J connectivity index is 2.36. The molecule has 0 aromatic heterocycles. The summed E-state index contributed by atoms with van der Waals surface area (Å²) in [7, 11) is 0. The first-order chi connectivity index (χ1) is 23.8. The van der Waals surface area contributed by atoms with Gasteiger partial charge in [0.2, 0.25) is 35.4 Å². The molecule has 2 aliphatic heterocycles. The van der Waals surface area contributed by atoms with E-state index in [1.54, 1.807) is 18.7 Å². The topological polar surface area (TPSA) is 242 Å². The average Bonchev–Trinajstić information content (AvgIpc) is 3.56. The SMILES string of the molecule is CC[C@@H](C)[C@@H]1NC(=O)[C@@H]2CCCN2C(=O)CCCCCCC/C=C/C[C@@H](C(=O)N[C@@H](CCCNC(=N)N)C(=O)N[C@H](C(N)=O)C(C)C)NC1=O. The lowest BCUT2D eigenvalue weighted by Crippen LogP contribution is -2.60. The van der Waals surface area contributed by atoms with Crippen LogP contribution in [-0.2, 0) is 28.8 Å². The molecule has 2 rings (SSSR count). The molecule has 0 saturated carbocycles. The van der Waals surface area contributed by atoms with Gasteiger partial charge in [-0.05, 0) is 63.2 Å². The van der Waals surface area contributed by atoms with Crippen LogP contribution in [0.3, 0.4) is 0 Å². The van der Waals surface area contributed by atoms with Crippen molar-refractivity contribution in [3.63, 3.8) is 0 Å². The van der Waals surface area contributed by atoms with Crippen molar-refractivity contribution in [3.8, 4) is 0 Å². The number of guanidine groups is 1. The van der Waals surface area contributed by atoms with Crippen LogP contribution >= 0.6 is 0 Å². The average molecular weight is 704 g/mol. The third kappa shape index (κ3) is 14.0. The molecule has 0 aromatic carbocycles. The molecule has 50 heavy (non-hydrogen) atoms. The van der Waals surface area contributed by atoms with Gasteiger partial charge in [0.05, 0.1) is 0 Å². The quantitative estimate of drug-likeness (QED) is 0.0631. The van der Waals surface area contributed by atoms with Crippen LogP contribution in [0.15, 0.2) is 12.2 Å². The fraction of sp³-hybridized carbons (Fsp3) is 0.743. The van der Waals surface area contributed by atoms with Crippen LogP contribution in [0.1, 0.15) is 111 Å². The second-order valence-corrected chi connectivity index (χ2v) is 13.9. The van der Waals surface area contributed by atoms with E-state index in [1.165, 1.54) is 0 Å². The summed E-state index contributed by atoms with van der Waals surface area (Å²) in [6.07, 6.45) is 12.0. The fourth-order valence-electron chi connectivity index (χ4n) is 6.24. The summed E-state index contributed by atoms with van der Waals surface area (Å²) in [5.41, 5.74) is 10.9. The maximum atomic E-state index is 13.9. The van der Waals surface area contributed by atoms with E-state index in [1.807, 2.05) is 26.0 Å². The number of carbonyl (C=O) groups is 6. The molecule has 1 fully saturated rings. The number of rotatable bonds is 12. The normalized spacial score (nSPS) is 23.8. The third-order valence-electron chi connectivity index (χ3n) is 9.49. The second-order valence-electron chi connectivity index (χ2n) is 13.9. The van der Waals surface area contributed by atoms with Gasteiger partial charge in [-0.15, -0.1) is 0 Å². The number of hydrogen-bond acceptors (Lipinski definition) is 7. The van der Waals surface area contributed by atoms with Gasteiger partial charge in [-0.1, -0.05) is 65.5 Å². The zero-order chi connectivity index (χ0) is 37.2. The number of allylic oxidation sites excluding steroid dienone is 1. The largest absolute Gasteiger partial charge is 0.370 e. The van der Waals surface area contributed by atoms with Crippen LogP contribution in [0.2, 0.25) is 0 Å². The first-order valence-electron chi connectivity index (χ1n) is 18.3. The minimum absolute atomic E-state index is 0.0454. The number of nitrogens with two attached hydrogens (primary N) is 2. The molecular weight excluding hydrogens is 642 g/mol. The Morgan fingerprint density at radius 1 is 0.960 bits per heavy atom. The summed E-state index contributed by atoms with van der Waals surface area (Å²) in [5, 5.41) is 21.2. The highest BCUT2D eigenvalue weighted by molar-refractivity contribution is 5.96. The van der Waals surface area contributed by atoms with Gasteiger partial charge in [-0.3, -0.25) is 34.2 Å². The zero-order valence-corrected chi connectivity index (χ0v) is 30.4. The molecule has 0 bridgehead atoms. The van der Waals surface area contributed by atoms with Gasteiger partial charge in [0.1, 0.15) is 30.2 Å². The smallest absolute Gasteiger partial charge is 0.243 e. The maximum Gasteiger partial charge on any atom is 0.243 e. The molecule has 1 saturated heterocycles. The first-order valence-corrected chi connectivity index (χ1v) is 18.3. The first kappa shape index (κ1) is 42.0. The summed E-state index contributed by atoms with van der Waals surface area (Å²) in [5.74, 6) is -3.74. The number of carbonyl (C=O) groups excluding carboxylic acids is 6. The molecular formula is C35H61N9O6. The maximum absolute atomic E-state index is 13.9. The Labute approximate surface area is 296 Å². The van der Waals surface area contributed by atoms with E-state index in [9.17, 15) is 28.8 Å². The molecule has 6 amide bonds. The fourth-order valence-corrected chi connectivity index (χ4v) is 6.24. The van der Waals surface area contributed by atoms with E-state index in [0.29, 0.717) is 38.6 Å². The number of nitrogens with zero attached hydrogens (tertiary/aromatic N) is 1. The molecule has 2 aliphatic rings. The van der Waals surface area contributed by atoms with Crippen molar-refractivity contribution in [2.45, 2.75) is 141 Å². The van der Waals surface area contributed by atoms with Crippen LogP contribution in [-0.4, -0.2) is 89.6 Å². The predicted octanol–water partition coefficient (Wildman–Crippen LogP) is 1.06. The number of primary amides is 1. The molecule has 10 N–H and O–H groups in total. The molecule has 0 radical (unpaired) electrons. The summed E-state index contributed by atoms with van der Waals surface area (Å²) in [6, 6.07) is -4.77. The van der Waals surface area contributed by atoms with Crippen molar-refractivity contribution in [3.05, 3.63) is 12.2 Å². The molecule has 2 heterocycles. The minimum Gasteiger partial charge on any atom is -0.370 e. The molecule has 6 atom stereocenters. The van der Waals surface area contributed by atoms with Gasteiger partial charge >= 0.3 is 0 Å². The predicted molar refractivity (Wildman–Crippen MR) is 191 cm³/mol. The lowest BCUT2D eigenvalue weighted by Gasteiger charge is -2.30. The van der Waals surface area contributed by atoms with E-state index >= 15 is 0 Å². The number of fused-ring (bicyclic) bond motifs is 1. The molecule has 0 spiro atoms. The molecule has 0 unspecified atom stereocenters. The Kier molecular flexibility index (Phi) is 18.3. The van der Waals surface area contributed by atoms with Gasteiger partial charge in [0, 0.05) is 19.5 Å². The second kappa shape index (κ2) is 21.8. The zero-order valence-electron chi connectivity index (χ0n) is 30.4. The third-order valence-corrected chi connectivity index (χ3v) is 9.49. The highest BCUT2D eigenvalue weighted by Crippen LogP contribution is 2.21. The van der Waals surface area contributed by atoms with Crippen molar-refractivity contribution in [1.29, 1.82) is 5.41 Å². The Morgan fingerprint density at radius 2 is 1.66 bits per heavy atom. The summed E-state index contributed by atoms with van der Waals surface area (Å²) in [6.45, 7) is 7.98. The van der Waals surface area contributed by atoms with Crippen LogP contribution in [0.25, 0.3) is 0 Å². The lowest BCUT2D eigenvalue weighted by atomic mass is 9.97. The van der Waals surface area contributed by atoms with Crippen LogP contribution in [0.5, 0.6) is 0 Å². The van der Waals surface area contributed by atoms with Gasteiger partial charge in [-0.25, -0.2) is 0 Å². The van der Waals surface area contributed by atoms with E-state index < -0.39 is 53.8 Å². The highest BCUT2D eigenvalue weighted by atomic mass is 16.2. The van der Waals surface area contributed by atoms with Gasteiger partial charge in [0.15, 0.2) is 5.96 Å². The summed E-state index contributed by atoms with van der Waals surface area (Å²) in [4.78, 5) is 81.5. The van der Waals surface area contributed by atoms with Crippen molar-refractivity contribution >= 4 is 41.4 Å². The van der Waals surface area contributed by atoms with Crippen LogP contribution < -0.4 is 38.1 Å². The van der Waals surface area contributed by atoms with Crippen molar-refractivity contribution in [2.75, 3.05) is 13.1 Å². The minimum atomic E-state index is -1.09. The number of amides is 6. The van der Waals surface area contributed by atoms with Gasteiger partial charge in [0.25, 0.3) is 0 Å². The number of hydrogen-bond donors (Lipinski definition) is 8. The van der Waals surface area contributed by atoms with Gasteiger partial charge in [-0.2, -0.15) is 0 Å². The molecule has 0 aliphatic carbocycles. The standard InChI is InChI=1S/C35H61N9O6/c1-5-23(4)29-34(50)41-24(31(47)40-25(17-14-20-39-35(37)38)32(48)42-28(22(2)3)30(36)46)16-12-10-8-6-7-9-11-13-19-27(45)44-21-15-18-26(44)33(49)43-29/h10,12,22-26,28-29H,5-9,11,13-21H2,1-4H3,(H2,36,46)(H,40,47)(H,41,50)(H,42,48)(H,43,49)(H4,37,38,39)/b12-10+/t23-,24+,25+,26+,28+,29+/m1/s1. The Morgan fingerprint density at radius 3 is 2.32 bits per heavy atom. The Bertz CT molecular complexity index is 1210. The van der Waals surface area contributed by atoms with E-state index in [-0.39, 0.29) is 49.0 Å². The van der Waals surface area contributed by atoms with Crippen molar-refractivity contribution < 1.29 is 28.8 Å². The molecule has 282 valence electrons. The lowest BCUT2D eigenvalue weighted by molar-refractivity contribution is -0.140. The summed E-state index contributed by atoms with van der Waals surface area (Å²) < 4.78 is 0. The Hall–Kier alpha value is -4.17. The number of nitrogens with one attached hydrogen (secondary N) is 6. The highest BCUT2D eigenvalue weighted by Gasteiger charge is 2.38. The van der Waals surface area contributed by atoms with Crippen molar-refractivity contribution in [1.82, 2.24) is 31.5 Å². The van der Waals surface area contributed by atoms with Crippen LogP contribution in [0, 0.1) is 17.2 Å². The van der Waals surface area contributed by atoms with Gasteiger partial charge < -0.3 is 43.0 Å². The monoisotopic (exact) mass is 703 g/mol. The van der Waals surface area contributed by atoms with E-state index in [4.69, 9.17) is 16.9 Å². The van der Waals surface area contributed by atoms with E-state index in [0.717, 1.165) is 38.5 Å². The van der Waals surface area contributed by atoms with E-state index in [2.05, 4.69) is 26.6 Å². The van der Waals surface area contributed by atoms with Crippen molar-refractivity contribution in [2.24, 2.45) is 23.3 Å². The molecule has 0 aromatic rings. The summed E-state index contributed by atoms with van der Waals surface area (Å²) >= 11 is 0. The molecule has 15 nitrogen and oxygen atoms in total. The molecule has 15 heteroatoms. The van der Waals surface area contributed by atoms with Crippen LogP contribution in [0.4, 0.5) is 0 Å².